The molecule has 0 fully saturated rings. The zero-order valence-corrected chi connectivity index (χ0v) is 15.0. The SMILES string of the molecule is CCCC[P+](C)(CCCC)CCCC.[Cl-].[Cl-].[NH4+]. The van der Waals surface area contributed by atoms with Gasteiger partial charge in [-0.25, -0.2) is 0 Å². The van der Waals surface area contributed by atoms with Gasteiger partial charge >= 0.3 is 0 Å². The van der Waals surface area contributed by atoms with Gasteiger partial charge in [0.25, 0.3) is 0 Å². The lowest BCUT2D eigenvalue weighted by Crippen LogP contribution is -3.00. The molecule has 0 saturated carbocycles. The lowest BCUT2D eigenvalue weighted by molar-refractivity contribution is -0.00100. The second-order valence-electron chi connectivity index (χ2n) is 4.85. The number of unbranched alkanes of at least 4 members (excludes halogenated alkanes) is 3. The van der Waals surface area contributed by atoms with Gasteiger partial charge in [-0.3, -0.25) is 0 Å². The molecule has 0 aromatic heterocycles. The van der Waals surface area contributed by atoms with Gasteiger partial charge in [-0.05, 0) is 19.3 Å². The molecular formula is C13H34Cl2NP. The van der Waals surface area contributed by atoms with Crippen molar-refractivity contribution in [1.82, 2.24) is 6.15 Å². The number of halogens is 2. The van der Waals surface area contributed by atoms with Crippen LogP contribution in [0.3, 0.4) is 0 Å². The second-order valence-corrected chi connectivity index (χ2v) is 9.43. The van der Waals surface area contributed by atoms with Crippen molar-refractivity contribution < 1.29 is 24.8 Å². The number of quaternary nitrogens is 1. The molecule has 0 saturated heterocycles. The summed E-state index contributed by atoms with van der Waals surface area (Å²) in [5.41, 5.74) is 0. The highest BCUT2D eigenvalue weighted by Crippen LogP contribution is 2.57. The molecule has 0 aromatic carbocycles. The number of hydrogen-bond acceptors (Lipinski definition) is 0. The van der Waals surface area contributed by atoms with Crippen molar-refractivity contribution in [3.8, 4) is 0 Å². The van der Waals surface area contributed by atoms with Crippen LogP contribution in [-0.4, -0.2) is 25.2 Å². The first-order chi connectivity index (χ1) is 6.68. The van der Waals surface area contributed by atoms with Crippen LogP contribution in [0.5, 0.6) is 0 Å². The fourth-order valence-electron chi connectivity index (χ4n) is 1.95. The largest absolute Gasteiger partial charge is 1.00 e. The van der Waals surface area contributed by atoms with Crippen LogP contribution < -0.4 is 31.0 Å². The standard InChI is InChI=1S/C13H30P.2ClH.H3N/c1-5-8-11-14(4,12-9-6-2)13-10-7-3;;;/h5-13H2,1-4H3;2*1H;1H3/q+1;;;/p-1. The third kappa shape index (κ3) is 14.9. The maximum Gasteiger partial charge on any atom is 0.0591 e. The van der Waals surface area contributed by atoms with E-state index in [4.69, 9.17) is 0 Å². The minimum Gasteiger partial charge on any atom is -1.00 e. The molecule has 0 amide bonds. The molecular weight excluding hydrogens is 272 g/mol. The molecule has 0 radical (unpaired) electrons. The van der Waals surface area contributed by atoms with Crippen molar-refractivity contribution in [2.24, 2.45) is 0 Å². The molecule has 0 aliphatic rings. The quantitative estimate of drug-likeness (QED) is 0.554. The Hall–Kier alpha value is 0.970. The number of rotatable bonds is 9. The van der Waals surface area contributed by atoms with Crippen LogP contribution in [0.1, 0.15) is 59.3 Å². The van der Waals surface area contributed by atoms with Gasteiger partial charge in [0, 0.05) is 13.9 Å². The Labute approximate surface area is 123 Å². The van der Waals surface area contributed by atoms with Crippen LogP contribution in [0.4, 0.5) is 0 Å². The van der Waals surface area contributed by atoms with Crippen molar-refractivity contribution in [3.05, 3.63) is 0 Å². The van der Waals surface area contributed by atoms with Gasteiger partial charge in [-0.2, -0.15) is 0 Å². The fraction of sp³-hybridized carbons (Fsp3) is 1.00. The zero-order valence-electron chi connectivity index (χ0n) is 12.6. The molecule has 4 N–H and O–H groups in total. The number of hydrogen-bond donors (Lipinski definition) is 1. The zero-order chi connectivity index (χ0) is 10.9. The summed E-state index contributed by atoms with van der Waals surface area (Å²) in [4.78, 5) is 0. The van der Waals surface area contributed by atoms with Crippen LogP contribution in [0, 0.1) is 0 Å². The predicted octanol–water partition coefficient (Wildman–Crippen LogP) is -0.582. The van der Waals surface area contributed by atoms with Crippen molar-refractivity contribution in [2.45, 2.75) is 59.3 Å². The predicted molar refractivity (Wildman–Crippen MR) is 78.2 cm³/mol. The first-order valence-corrected chi connectivity index (χ1v) is 9.31. The summed E-state index contributed by atoms with van der Waals surface area (Å²) < 4.78 is 0. The van der Waals surface area contributed by atoms with E-state index in [2.05, 4.69) is 27.4 Å². The van der Waals surface area contributed by atoms with Crippen molar-refractivity contribution in [2.75, 3.05) is 25.2 Å². The third-order valence-corrected chi connectivity index (χ3v) is 7.34. The molecule has 17 heavy (non-hydrogen) atoms. The summed E-state index contributed by atoms with van der Waals surface area (Å²) in [5, 5.41) is 0. The molecule has 0 aromatic rings. The monoisotopic (exact) mass is 305 g/mol. The molecule has 110 valence electrons. The maximum atomic E-state index is 2.62. The van der Waals surface area contributed by atoms with Crippen LogP contribution in [-0.2, 0) is 0 Å². The van der Waals surface area contributed by atoms with Gasteiger partial charge < -0.3 is 31.0 Å². The molecule has 1 nitrogen and oxygen atoms in total. The molecule has 0 aliphatic heterocycles. The molecule has 0 rings (SSSR count). The van der Waals surface area contributed by atoms with E-state index < -0.39 is 7.26 Å². The van der Waals surface area contributed by atoms with Crippen molar-refractivity contribution in [1.29, 1.82) is 0 Å². The average Bonchev–Trinajstić information content (AvgIpc) is 2.21. The van der Waals surface area contributed by atoms with Crippen molar-refractivity contribution >= 4 is 7.26 Å². The molecule has 0 unspecified atom stereocenters. The van der Waals surface area contributed by atoms with Gasteiger partial charge in [0.15, 0.2) is 0 Å². The van der Waals surface area contributed by atoms with E-state index >= 15 is 0 Å². The van der Waals surface area contributed by atoms with Crippen molar-refractivity contribution in [3.63, 3.8) is 0 Å². The lowest BCUT2D eigenvalue weighted by atomic mass is 10.4. The molecule has 0 atom stereocenters. The summed E-state index contributed by atoms with van der Waals surface area (Å²) in [6.07, 6.45) is 13.2. The molecule has 0 spiro atoms. The summed E-state index contributed by atoms with van der Waals surface area (Å²) in [5.74, 6) is 0. The topological polar surface area (TPSA) is 36.5 Å². The van der Waals surface area contributed by atoms with Crippen LogP contribution >= 0.6 is 7.26 Å². The van der Waals surface area contributed by atoms with Crippen LogP contribution in [0.2, 0.25) is 0 Å². The molecule has 0 aliphatic carbocycles. The normalized spacial score (nSPS) is 9.88. The highest BCUT2D eigenvalue weighted by Gasteiger charge is 2.28. The van der Waals surface area contributed by atoms with Gasteiger partial charge in [0.2, 0.25) is 0 Å². The highest BCUT2D eigenvalue weighted by molar-refractivity contribution is 7.75. The summed E-state index contributed by atoms with van der Waals surface area (Å²) in [6.45, 7) is 9.59. The maximum absolute atomic E-state index is 2.62. The first kappa shape index (κ1) is 26.5. The van der Waals surface area contributed by atoms with E-state index in [-0.39, 0.29) is 31.0 Å². The highest BCUT2D eigenvalue weighted by atomic mass is 35.5. The fourth-order valence-corrected chi connectivity index (χ4v) is 5.86. The van der Waals surface area contributed by atoms with Gasteiger partial charge in [-0.1, -0.05) is 40.0 Å². The Morgan fingerprint density at radius 2 is 0.882 bits per heavy atom. The second kappa shape index (κ2) is 17.0. The smallest absolute Gasteiger partial charge is 0.0591 e. The van der Waals surface area contributed by atoms with Crippen LogP contribution in [0.15, 0.2) is 0 Å². The van der Waals surface area contributed by atoms with Gasteiger partial charge in [0.05, 0.1) is 18.5 Å². The Kier molecular flexibility index (Phi) is 26.5. The Bertz CT molecular complexity index is 113. The van der Waals surface area contributed by atoms with E-state index in [1.165, 1.54) is 38.5 Å². The summed E-state index contributed by atoms with van der Waals surface area (Å²) in [7, 11) is -0.519. The van der Waals surface area contributed by atoms with E-state index in [9.17, 15) is 0 Å². The Morgan fingerprint density at radius 3 is 1.06 bits per heavy atom. The molecule has 4 heteroatoms. The minimum atomic E-state index is -0.519. The van der Waals surface area contributed by atoms with Gasteiger partial charge in [-0.15, -0.1) is 0 Å². The Balaban J connectivity index is -0.000000282. The summed E-state index contributed by atoms with van der Waals surface area (Å²) >= 11 is 0. The third-order valence-electron chi connectivity index (χ3n) is 3.15. The van der Waals surface area contributed by atoms with E-state index in [0.29, 0.717) is 0 Å². The summed E-state index contributed by atoms with van der Waals surface area (Å²) in [6, 6.07) is 0. The van der Waals surface area contributed by atoms with E-state index in [1.807, 2.05) is 0 Å². The average molecular weight is 306 g/mol. The molecule has 0 heterocycles. The van der Waals surface area contributed by atoms with Crippen LogP contribution in [0.25, 0.3) is 0 Å². The lowest BCUT2D eigenvalue weighted by Gasteiger charge is -2.22. The minimum absolute atomic E-state index is 0. The van der Waals surface area contributed by atoms with E-state index in [1.54, 1.807) is 18.5 Å². The Morgan fingerprint density at radius 1 is 0.647 bits per heavy atom. The molecule has 0 bridgehead atoms. The first-order valence-electron chi connectivity index (χ1n) is 6.52. The van der Waals surface area contributed by atoms with E-state index in [0.717, 1.165) is 0 Å². The van der Waals surface area contributed by atoms with Gasteiger partial charge in [0.1, 0.15) is 0 Å².